The van der Waals surface area contributed by atoms with E-state index in [2.05, 4.69) is 22.5 Å². The molecule has 2 aromatic rings. The van der Waals surface area contributed by atoms with Gasteiger partial charge in [0.15, 0.2) is 0 Å². The van der Waals surface area contributed by atoms with Crippen LogP contribution in [0.3, 0.4) is 0 Å². The van der Waals surface area contributed by atoms with E-state index in [4.69, 9.17) is 0 Å². The number of halogens is 1. The number of carbonyl (C=O) groups excluding carboxylic acids is 1. The molecule has 4 heteroatoms. The van der Waals surface area contributed by atoms with Crippen LogP contribution in [0.1, 0.15) is 72.9 Å². The Kier molecular flexibility index (Phi) is 6.50. The van der Waals surface area contributed by atoms with Crippen LogP contribution in [-0.4, -0.2) is 24.0 Å². The first-order valence-corrected chi connectivity index (χ1v) is 11.1. The van der Waals surface area contributed by atoms with Crippen molar-refractivity contribution in [2.24, 2.45) is 0 Å². The summed E-state index contributed by atoms with van der Waals surface area (Å²) in [6.45, 7) is 0.678. The molecule has 2 aliphatic carbocycles. The second-order valence-electron chi connectivity index (χ2n) is 8.60. The zero-order valence-corrected chi connectivity index (χ0v) is 17.3. The fraction of sp³-hybridized carbons (Fsp3) is 0.423. The average molecular weight is 405 g/mol. The van der Waals surface area contributed by atoms with Gasteiger partial charge in [-0.15, -0.1) is 0 Å². The first kappa shape index (κ1) is 20.6. The molecule has 30 heavy (non-hydrogen) atoms. The molecular weight excluding hydrogens is 375 g/mol. The van der Waals surface area contributed by atoms with Gasteiger partial charge in [-0.3, -0.25) is 4.79 Å². The zero-order chi connectivity index (χ0) is 20.8. The summed E-state index contributed by atoms with van der Waals surface area (Å²) in [5.74, 6) is 5.43. The SMILES string of the molecule is O=C(NCC1(NC2CC2)CCCCCC1)c1ccc(C#Cc2ccccc2F)cc1. The van der Waals surface area contributed by atoms with Gasteiger partial charge < -0.3 is 10.6 Å². The molecular formula is C26H29FN2O. The van der Waals surface area contributed by atoms with Crippen molar-refractivity contribution in [1.29, 1.82) is 0 Å². The Morgan fingerprint density at radius 3 is 2.33 bits per heavy atom. The molecule has 1 amide bonds. The highest BCUT2D eigenvalue weighted by Crippen LogP contribution is 2.31. The van der Waals surface area contributed by atoms with Crippen molar-refractivity contribution in [3.63, 3.8) is 0 Å². The van der Waals surface area contributed by atoms with E-state index in [1.54, 1.807) is 30.3 Å². The van der Waals surface area contributed by atoms with E-state index in [0.29, 0.717) is 23.7 Å². The Hall–Kier alpha value is -2.64. The second-order valence-corrected chi connectivity index (χ2v) is 8.60. The molecule has 2 saturated carbocycles. The van der Waals surface area contributed by atoms with E-state index in [1.165, 1.54) is 44.6 Å². The lowest BCUT2D eigenvalue weighted by Crippen LogP contribution is -2.54. The van der Waals surface area contributed by atoms with Gasteiger partial charge in [0.2, 0.25) is 0 Å². The average Bonchev–Trinajstić information content (AvgIpc) is 3.60. The third-order valence-electron chi connectivity index (χ3n) is 6.10. The molecule has 0 radical (unpaired) electrons. The Morgan fingerprint density at radius 1 is 0.967 bits per heavy atom. The van der Waals surface area contributed by atoms with Crippen LogP contribution in [-0.2, 0) is 0 Å². The summed E-state index contributed by atoms with van der Waals surface area (Å²) in [6, 6.07) is 14.3. The van der Waals surface area contributed by atoms with Gasteiger partial charge in [0.05, 0.1) is 5.56 Å². The van der Waals surface area contributed by atoms with Gasteiger partial charge in [0.25, 0.3) is 5.91 Å². The molecule has 2 N–H and O–H groups in total. The van der Waals surface area contributed by atoms with Crippen molar-refractivity contribution in [3.8, 4) is 11.8 Å². The Bertz CT molecular complexity index is 929. The lowest BCUT2D eigenvalue weighted by atomic mass is 9.89. The number of hydrogen-bond acceptors (Lipinski definition) is 2. The molecule has 0 saturated heterocycles. The van der Waals surface area contributed by atoms with E-state index in [1.807, 2.05) is 12.1 Å². The third kappa shape index (κ3) is 5.49. The number of rotatable bonds is 5. The van der Waals surface area contributed by atoms with Crippen molar-refractivity contribution < 1.29 is 9.18 Å². The van der Waals surface area contributed by atoms with E-state index < -0.39 is 0 Å². The highest BCUT2D eigenvalue weighted by Gasteiger charge is 2.36. The van der Waals surface area contributed by atoms with Gasteiger partial charge >= 0.3 is 0 Å². The van der Waals surface area contributed by atoms with Gasteiger partial charge in [-0.05, 0) is 62.1 Å². The van der Waals surface area contributed by atoms with Gasteiger partial charge in [0.1, 0.15) is 5.82 Å². The third-order valence-corrected chi connectivity index (χ3v) is 6.10. The van der Waals surface area contributed by atoms with E-state index in [9.17, 15) is 9.18 Å². The summed E-state index contributed by atoms with van der Waals surface area (Å²) in [5.41, 5.74) is 1.79. The van der Waals surface area contributed by atoms with Crippen LogP contribution >= 0.6 is 0 Å². The van der Waals surface area contributed by atoms with Crippen molar-refractivity contribution in [2.75, 3.05) is 6.54 Å². The molecule has 0 aliphatic heterocycles. The molecule has 2 fully saturated rings. The minimum Gasteiger partial charge on any atom is -0.350 e. The maximum Gasteiger partial charge on any atom is 0.251 e. The fourth-order valence-corrected chi connectivity index (χ4v) is 4.20. The number of hydrogen-bond donors (Lipinski definition) is 2. The van der Waals surface area contributed by atoms with Gasteiger partial charge in [-0.25, -0.2) is 4.39 Å². The molecule has 0 unspecified atom stereocenters. The fourth-order valence-electron chi connectivity index (χ4n) is 4.20. The maximum atomic E-state index is 13.7. The number of benzene rings is 2. The maximum absolute atomic E-state index is 13.7. The summed E-state index contributed by atoms with van der Waals surface area (Å²) in [7, 11) is 0. The lowest BCUT2D eigenvalue weighted by molar-refractivity contribution is 0.0934. The van der Waals surface area contributed by atoms with E-state index in [0.717, 1.165) is 18.4 Å². The Morgan fingerprint density at radius 2 is 1.67 bits per heavy atom. The lowest BCUT2D eigenvalue weighted by Gasteiger charge is -2.34. The molecule has 0 aromatic heterocycles. The highest BCUT2D eigenvalue weighted by molar-refractivity contribution is 5.94. The summed E-state index contributed by atoms with van der Waals surface area (Å²) >= 11 is 0. The topological polar surface area (TPSA) is 41.1 Å². The summed E-state index contributed by atoms with van der Waals surface area (Å²) in [4.78, 5) is 12.7. The number of amides is 1. The summed E-state index contributed by atoms with van der Waals surface area (Å²) < 4.78 is 13.7. The standard InChI is InChI=1S/C26H29FN2O/c27-24-8-4-3-7-21(24)12-9-20-10-13-22(14-11-20)25(30)28-19-26(29-23-15-16-23)17-5-1-2-6-18-26/h3-4,7-8,10-11,13-14,23,29H,1-2,5-6,15-19H2,(H,28,30). The molecule has 156 valence electrons. The first-order chi connectivity index (χ1) is 14.6. The van der Waals surface area contributed by atoms with Crippen molar-refractivity contribution in [1.82, 2.24) is 10.6 Å². The summed E-state index contributed by atoms with van der Waals surface area (Å²) in [6.07, 6.45) is 9.81. The molecule has 2 aromatic carbocycles. The predicted molar refractivity (Wildman–Crippen MR) is 118 cm³/mol. The van der Waals surface area contributed by atoms with Crippen LogP contribution in [0.15, 0.2) is 48.5 Å². The molecule has 2 aliphatic rings. The number of carbonyl (C=O) groups is 1. The van der Waals surface area contributed by atoms with Crippen LogP contribution in [0, 0.1) is 17.7 Å². The monoisotopic (exact) mass is 404 g/mol. The van der Waals surface area contributed by atoms with Gasteiger partial charge in [-0.2, -0.15) is 0 Å². The molecule has 3 nitrogen and oxygen atoms in total. The summed E-state index contributed by atoms with van der Waals surface area (Å²) in [5, 5.41) is 7.00. The molecule has 0 heterocycles. The quantitative estimate of drug-likeness (QED) is 0.555. The predicted octanol–water partition coefficient (Wildman–Crippen LogP) is 4.80. The highest BCUT2D eigenvalue weighted by atomic mass is 19.1. The minimum atomic E-state index is -0.326. The van der Waals surface area contributed by atoms with Gasteiger partial charge in [-0.1, -0.05) is 49.7 Å². The number of nitrogens with one attached hydrogen (secondary N) is 2. The van der Waals surface area contributed by atoms with Crippen LogP contribution in [0.2, 0.25) is 0 Å². The molecule has 0 atom stereocenters. The van der Waals surface area contributed by atoms with Crippen LogP contribution in [0.4, 0.5) is 4.39 Å². The van der Waals surface area contributed by atoms with Crippen LogP contribution < -0.4 is 10.6 Å². The van der Waals surface area contributed by atoms with Gasteiger partial charge in [0, 0.05) is 29.3 Å². The zero-order valence-electron chi connectivity index (χ0n) is 17.3. The first-order valence-electron chi connectivity index (χ1n) is 11.1. The Balaban J connectivity index is 1.38. The largest absolute Gasteiger partial charge is 0.350 e. The smallest absolute Gasteiger partial charge is 0.251 e. The normalized spacial score (nSPS) is 18.0. The van der Waals surface area contributed by atoms with Crippen molar-refractivity contribution >= 4 is 5.91 Å². The van der Waals surface area contributed by atoms with Crippen LogP contribution in [0.5, 0.6) is 0 Å². The van der Waals surface area contributed by atoms with Crippen molar-refractivity contribution in [2.45, 2.75) is 62.9 Å². The second kappa shape index (κ2) is 9.45. The van der Waals surface area contributed by atoms with E-state index in [-0.39, 0.29) is 17.3 Å². The van der Waals surface area contributed by atoms with Crippen molar-refractivity contribution in [3.05, 3.63) is 71.0 Å². The van der Waals surface area contributed by atoms with Crippen LogP contribution in [0.25, 0.3) is 0 Å². The molecule has 0 spiro atoms. The minimum absolute atomic E-state index is 0.0402. The Labute approximate surface area is 178 Å². The molecule has 4 rings (SSSR count). The van der Waals surface area contributed by atoms with E-state index >= 15 is 0 Å². The molecule has 0 bridgehead atoms.